The quantitative estimate of drug-likeness (QED) is 0.749. The van der Waals surface area contributed by atoms with Crippen LogP contribution in [0.25, 0.3) is 0 Å². The molecule has 5 nitrogen and oxygen atoms in total. The lowest BCUT2D eigenvalue weighted by molar-refractivity contribution is -0.141. The van der Waals surface area contributed by atoms with E-state index in [2.05, 4.69) is 18.1 Å². The Morgan fingerprint density at radius 2 is 1.76 bits per heavy atom. The second-order valence-corrected chi connectivity index (χ2v) is 6.44. The van der Waals surface area contributed by atoms with Crippen LogP contribution in [0.2, 0.25) is 0 Å². The average Bonchev–Trinajstić information content (AvgIpc) is 2.37. The van der Waals surface area contributed by atoms with E-state index in [0.29, 0.717) is 0 Å². The number of thiol groups is 1. The summed E-state index contributed by atoms with van der Waals surface area (Å²) in [7, 11) is 0. The molecule has 0 aromatic heterocycles. The molecule has 2 atom stereocenters. The lowest BCUT2D eigenvalue weighted by Crippen LogP contribution is -2.51. The SMILES string of the molecule is CC(c1ccccc1)C(C(=O)O)N(S)C(=O)NC(C)(C)C. The van der Waals surface area contributed by atoms with Gasteiger partial charge in [0, 0.05) is 11.5 Å². The van der Waals surface area contributed by atoms with Crippen molar-refractivity contribution >= 4 is 24.8 Å². The molecule has 1 aromatic rings. The number of carboxylic acids is 1. The zero-order valence-corrected chi connectivity index (χ0v) is 13.6. The Morgan fingerprint density at radius 3 is 2.19 bits per heavy atom. The molecule has 0 spiro atoms. The summed E-state index contributed by atoms with van der Waals surface area (Å²) in [5, 5.41) is 12.2. The van der Waals surface area contributed by atoms with Gasteiger partial charge in [0.05, 0.1) is 0 Å². The Labute approximate surface area is 130 Å². The molecule has 0 heterocycles. The number of carbonyl (C=O) groups excluding carboxylic acids is 1. The molecular weight excluding hydrogens is 288 g/mol. The van der Waals surface area contributed by atoms with Crippen LogP contribution in [0.3, 0.4) is 0 Å². The van der Waals surface area contributed by atoms with E-state index in [4.69, 9.17) is 0 Å². The third-order valence-electron chi connectivity index (χ3n) is 3.01. The summed E-state index contributed by atoms with van der Waals surface area (Å²) in [6, 6.07) is 7.62. The molecule has 0 aliphatic heterocycles. The van der Waals surface area contributed by atoms with Crippen LogP contribution < -0.4 is 5.32 Å². The topological polar surface area (TPSA) is 69.6 Å². The molecule has 2 unspecified atom stereocenters. The standard InChI is InChI=1S/C15H22N2O3S/c1-10(11-8-6-5-7-9-11)12(13(18)19)17(21)14(20)16-15(2,3)4/h5-10,12,21H,1-4H3,(H,16,20)(H,18,19). The third kappa shape index (κ3) is 4.97. The number of hydrogen-bond donors (Lipinski definition) is 3. The zero-order chi connectivity index (χ0) is 16.2. The molecule has 1 aromatic carbocycles. The number of urea groups is 1. The first-order valence-corrected chi connectivity index (χ1v) is 7.11. The molecule has 2 N–H and O–H groups in total. The highest BCUT2D eigenvalue weighted by molar-refractivity contribution is 7.78. The van der Waals surface area contributed by atoms with Gasteiger partial charge >= 0.3 is 12.0 Å². The van der Waals surface area contributed by atoms with E-state index in [1.807, 2.05) is 51.1 Å². The molecule has 0 bridgehead atoms. The Bertz CT molecular complexity index is 499. The highest BCUT2D eigenvalue weighted by Crippen LogP contribution is 2.25. The minimum absolute atomic E-state index is 0.382. The number of nitrogens with one attached hydrogen (secondary N) is 1. The average molecular weight is 310 g/mol. The van der Waals surface area contributed by atoms with Gasteiger partial charge in [-0.15, -0.1) is 0 Å². The number of rotatable bonds is 4. The summed E-state index contributed by atoms with van der Waals surface area (Å²) in [6.07, 6.45) is 0. The van der Waals surface area contributed by atoms with Crippen molar-refractivity contribution in [2.75, 3.05) is 0 Å². The third-order valence-corrected chi connectivity index (χ3v) is 3.44. The van der Waals surface area contributed by atoms with Gasteiger partial charge in [0.1, 0.15) is 6.04 Å². The Kier molecular flexibility index (Phi) is 5.66. The maximum atomic E-state index is 12.1. The van der Waals surface area contributed by atoms with Gasteiger partial charge in [-0.3, -0.25) is 4.31 Å². The van der Waals surface area contributed by atoms with Crippen molar-refractivity contribution in [2.45, 2.75) is 45.2 Å². The Morgan fingerprint density at radius 1 is 1.24 bits per heavy atom. The highest BCUT2D eigenvalue weighted by Gasteiger charge is 2.34. The molecule has 21 heavy (non-hydrogen) atoms. The molecule has 0 radical (unpaired) electrons. The smallest absolute Gasteiger partial charge is 0.328 e. The van der Waals surface area contributed by atoms with Crippen molar-refractivity contribution in [3.8, 4) is 0 Å². The van der Waals surface area contributed by atoms with Gasteiger partial charge in [-0.25, -0.2) is 9.59 Å². The maximum Gasteiger partial charge on any atom is 0.328 e. The second-order valence-electron chi connectivity index (χ2n) is 6.01. The molecule has 2 amide bonds. The van der Waals surface area contributed by atoms with Gasteiger partial charge in [0.15, 0.2) is 0 Å². The van der Waals surface area contributed by atoms with Crippen LogP contribution in [0.15, 0.2) is 30.3 Å². The Hall–Kier alpha value is -1.69. The van der Waals surface area contributed by atoms with Crippen molar-refractivity contribution in [1.82, 2.24) is 9.62 Å². The first kappa shape index (κ1) is 17.4. The molecule has 0 aliphatic carbocycles. The first-order chi connectivity index (χ1) is 9.63. The fourth-order valence-corrected chi connectivity index (χ4v) is 2.32. The van der Waals surface area contributed by atoms with Crippen LogP contribution >= 0.6 is 12.8 Å². The molecule has 0 fully saturated rings. The minimum Gasteiger partial charge on any atom is -0.480 e. The highest BCUT2D eigenvalue weighted by atomic mass is 32.1. The Balaban J connectivity index is 2.96. The van der Waals surface area contributed by atoms with Crippen molar-refractivity contribution < 1.29 is 14.7 Å². The van der Waals surface area contributed by atoms with E-state index < -0.39 is 23.6 Å². The predicted molar refractivity (Wildman–Crippen MR) is 85.4 cm³/mol. The number of nitrogens with zero attached hydrogens (tertiary/aromatic N) is 1. The summed E-state index contributed by atoms with van der Waals surface area (Å²) in [4.78, 5) is 23.7. The number of amides is 2. The van der Waals surface area contributed by atoms with E-state index >= 15 is 0 Å². The molecule has 0 saturated heterocycles. The van der Waals surface area contributed by atoms with Crippen LogP contribution in [0, 0.1) is 0 Å². The van der Waals surface area contributed by atoms with Crippen LogP contribution in [0.5, 0.6) is 0 Å². The van der Waals surface area contributed by atoms with Crippen molar-refractivity contribution in [3.63, 3.8) is 0 Å². The lowest BCUT2D eigenvalue weighted by Gasteiger charge is -2.31. The van der Waals surface area contributed by atoms with E-state index in [0.717, 1.165) is 9.87 Å². The molecular formula is C15H22N2O3S. The molecule has 0 saturated carbocycles. The van der Waals surface area contributed by atoms with Crippen molar-refractivity contribution in [1.29, 1.82) is 0 Å². The van der Waals surface area contributed by atoms with Gasteiger partial charge in [-0.05, 0) is 26.3 Å². The summed E-state index contributed by atoms with van der Waals surface area (Å²) < 4.78 is 0.950. The van der Waals surface area contributed by atoms with E-state index in [1.165, 1.54) is 0 Å². The maximum absolute atomic E-state index is 12.1. The van der Waals surface area contributed by atoms with Gasteiger partial charge in [-0.2, -0.15) is 0 Å². The zero-order valence-electron chi connectivity index (χ0n) is 12.7. The predicted octanol–water partition coefficient (Wildman–Crippen LogP) is 2.90. The van der Waals surface area contributed by atoms with Gasteiger partial charge in [0.2, 0.25) is 0 Å². The van der Waals surface area contributed by atoms with E-state index in [-0.39, 0.29) is 5.92 Å². The van der Waals surface area contributed by atoms with Gasteiger partial charge in [-0.1, -0.05) is 50.1 Å². The molecule has 116 valence electrons. The number of aliphatic carboxylic acids is 1. The van der Waals surface area contributed by atoms with Gasteiger partial charge < -0.3 is 10.4 Å². The van der Waals surface area contributed by atoms with Crippen LogP contribution in [-0.2, 0) is 4.79 Å². The fourth-order valence-electron chi connectivity index (χ4n) is 1.97. The monoisotopic (exact) mass is 310 g/mol. The summed E-state index contributed by atoms with van der Waals surface area (Å²) in [5.41, 5.74) is 0.379. The number of hydrogen-bond acceptors (Lipinski definition) is 3. The van der Waals surface area contributed by atoms with Crippen molar-refractivity contribution in [3.05, 3.63) is 35.9 Å². The van der Waals surface area contributed by atoms with E-state index in [9.17, 15) is 14.7 Å². The fraction of sp³-hybridized carbons (Fsp3) is 0.467. The first-order valence-electron chi connectivity index (χ1n) is 6.71. The molecule has 0 aliphatic rings. The van der Waals surface area contributed by atoms with Crippen LogP contribution in [0.4, 0.5) is 4.79 Å². The summed E-state index contributed by atoms with van der Waals surface area (Å²) in [5.74, 6) is -1.47. The number of benzene rings is 1. The number of carbonyl (C=O) groups is 2. The minimum atomic E-state index is -1.09. The van der Waals surface area contributed by atoms with E-state index in [1.54, 1.807) is 6.92 Å². The van der Waals surface area contributed by atoms with Crippen LogP contribution in [-0.4, -0.2) is 33.0 Å². The summed E-state index contributed by atoms with van der Waals surface area (Å²) in [6.45, 7) is 7.23. The van der Waals surface area contributed by atoms with Gasteiger partial charge in [0.25, 0.3) is 0 Å². The molecule has 6 heteroatoms. The largest absolute Gasteiger partial charge is 0.480 e. The lowest BCUT2D eigenvalue weighted by atomic mass is 9.93. The number of carboxylic acid groups (broad SMARTS) is 1. The normalized spacial score (nSPS) is 14.1. The second kappa shape index (κ2) is 6.85. The van der Waals surface area contributed by atoms with Crippen molar-refractivity contribution in [2.24, 2.45) is 0 Å². The summed E-state index contributed by atoms with van der Waals surface area (Å²) >= 11 is 4.10. The molecule has 1 rings (SSSR count). The van der Waals surface area contributed by atoms with Crippen LogP contribution in [0.1, 0.15) is 39.2 Å².